The molecule has 4 rings (SSSR count). The second-order valence-electron chi connectivity index (χ2n) is 7.96. The van der Waals surface area contributed by atoms with Crippen molar-refractivity contribution in [3.05, 3.63) is 35.8 Å². The van der Waals surface area contributed by atoms with E-state index >= 15 is 0 Å². The summed E-state index contributed by atoms with van der Waals surface area (Å²) in [6.07, 6.45) is 6.56. The van der Waals surface area contributed by atoms with Crippen LogP contribution in [-0.4, -0.2) is 40.4 Å². The molecule has 6 N–H and O–H groups in total. The van der Waals surface area contributed by atoms with E-state index in [2.05, 4.69) is 20.6 Å². The van der Waals surface area contributed by atoms with Crippen molar-refractivity contribution in [2.24, 2.45) is 11.5 Å². The molecular formula is C21H26FN7O2. The number of primary amides is 1. The third-order valence-electron chi connectivity index (χ3n) is 5.74. The van der Waals surface area contributed by atoms with Crippen molar-refractivity contribution in [1.29, 1.82) is 0 Å². The number of nitrogens with zero attached hydrogens (tertiary/aromatic N) is 3. The largest absolute Gasteiger partial charge is 0.365 e. The van der Waals surface area contributed by atoms with E-state index in [9.17, 15) is 14.0 Å². The predicted octanol–water partition coefficient (Wildman–Crippen LogP) is 2.27. The number of amides is 2. The second kappa shape index (κ2) is 8.84. The lowest BCUT2D eigenvalue weighted by Crippen LogP contribution is -2.43. The van der Waals surface area contributed by atoms with Gasteiger partial charge in [-0.2, -0.15) is 0 Å². The molecule has 9 nitrogen and oxygen atoms in total. The summed E-state index contributed by atoms with van der Waals surface area (Å²) in [6.45, 7) is 0.604. The molecule has 2 aromatic rings. The summed E-state index contributed by atoms with van der Waals surface area (Å²) in [5.74, 6) is -0.835. The lowest BCUT2D eigenvalue weighted by Gasteiger charge is -2.30. The molecule has 2 amide bonds. The molecule has 3 heterocycles. The molecule has 1 aliphatic carbocycles. The lowest BCUT2D eigenvalue weighted by atomic mass is 9.91. The van der Waals surface area contributed by atoms with E-state index in [1.165, 1.54) is 0 Å². The smallest absolute Gasteiger partial charge is 0.252 e. The van der Waals surface area contributed by atoms with E-state index in [-0.39, 0.29) is 35.2 Å². The van der Waals surface area contributed by atoms with Crippen LogP contribution >= 0.6 is 0 Å². The molecule has 0 aromatic carbocycles. The van der Waals surface area contributed by atoms with Crippen molar-refractivity contribution in [2.75, 3.05) is 22.1 Å². The van der Waals surface area contributed by atoms with Crippen LogP contribution in [0.3, 0.4) is 0 Å². The summed E-state index contributed by atoms with van der Waals surface area (Å²) < 4.78 is 14.7. The normalized spacial score (nSPS) is 21.2. The second-order valence-corrected chi connectivity index (χ2v) is 7.96. The van der Waals surface area contributed by atoms with Crippen LogP contribution < -0.4 is 27.0 Å². The van der Waals surface area contributed by atoms with Crippen LogP contribution in [0.4, 0.5) is 27.5 Å². The highest BCUT2D eigenvalue weighted by Gasteiger charge is 2.25. The maximum absolute atomic E-state index is 14.7. The predicted molar refractivity (Wildman–Crippen MR) is 116 cm³/mol. The molecule has 1 saturated carbocycles. The molecule has 2 atom stereocenters. The third kappa shape index (κ3) is 4.58. The van der Waals surface area contributed by atoms with Crippen LogP contribution in [0, 0.1) is 5.82 Å². The van der Waals surface area contributed by atoms with Gasteiger partial charge in [-0.05, 0) is 31.4 Å². The Morgan fingerprint density at radius 1 is 1.19 bits per heavy atom. The Morgan fingerprint density at radius 3 is 2.71 bits per heavy atom. The van der Waals surface area contributed by atoms with E-state index in [1.54, 1.807) is 23.2 Å². The Labute approximate surface area is 179 Å². The van der Waals surface area contributed by atoms with Gasteiger partial charge in [-0.3, -0.25) is 14.5 Å². The van der Waals surface area contributed by atoms with Crippen LogP contribution in [0.25, 0.3) is 0 Å². The van der Waals surface area contributed by atoms with Gasteiger partial charge >= 0.3 is 0 Å². The highest BCUT2D eigenvalue weighted by molar-refractivity contribution is 5.99. The molecule has 10 heteroatoms. The van der Waals surface area contributed by atoms with Crippen LogP contribution in [0.2, 0.25) is 0 Å². The number of anilines is 4. The molecule has 0 unspecified atom stereocenters. The number of nitrogens with one attached hydrogen (secondary N) is 2. The Balaban J connectivity index is 1.62. The Hall–Kier alpha value is -3.27. The van der Waals surface area contributed by atoms with E-state index in [0.717, 1.165) is 38.2 Å². The van der Waals surface area contributed by atoms with Crippen molar-refractivity contribution in [1.82, 2.24) is 9.97 Å². The number of halogens is 1. The van der Waals surface area contributed by atoms with Crippen LogP contribution in [0.1, 0.15) is 48.9 Å². The van der Waals surface area contributed by atoms with Crippen molar-refractivity contribution >= 4 is 35.0 Å². The Morgan fingerprint density at radius 2 is 2.00 bits per heavy atom. The fourth-order valence-electron chi connectivity index (χ4n) is 4.06. The lowest BCUT2D eigenvalue weighted by molar-refractivity contribution is -0.117. The number of rotatable bonds is 6. The van der Waals surface area contributed by atoms with Gasteiger partial charge in [0.25, 0.3) is 5.91 Å². The molecule has 0 bridgehead atoms. The molecule has 1 saturated heterocycles. The first-order valence-corrected chi connectivity index (χ1v) is 10.5. The minimum atomic E-state index is -0.807. The number of carbonyl (C=O) groups excluding carboxylic acids is 2. The monoisotopic (exact) mass is 427 g/mol. The molecule has 2 fully saturated rings. The SMILES string of the molecule is NC(=O)c1cc(F)c(N[C@@H]2CCCC[C@@H]2N)nc1Nc1ccnc(N2CCCC2=O)c1. The fraction of sp³-hybridized carbons (Fsp3) is 0.429. The van der Waals surface area contributed by atoms with Gasteiger partial charge in [0.2, 0.25) is 5.91 Å². The highest BCUT2D eigenvalue weighted by Crippen LogP contribution is 2.28. The van der Waals surface area contributed by atoms with Gasteiger partial charge in [0.15, 0.2) is 11.6 Å². The first-order valence-electron chi connectivity index (χ1n) is 10.5. The van der Waals surface area contributed by atoms with Crippen molar-refractivity contribution in [2.45, 2.75) is 50.6 Å². The number of aromatic nitrogens is 2. The Kier molecular flexibility index (Phi) is 5.99. The summed E-state index contributed by atoms with van der Waals surface area (Å²) in [7, 11) is 0. The number of hydrogen-bond donors (Lipinski definition) is 4. The van der Waals surface area contributed by atoms with Crippen LogP contribution in [0.15, 0.2) is 24.4 Å². The van der Waals surface area contributed by atoms with Gasteiger partial charge in [-0.15, -0.1) is 0 Å². The number of carbonyl (C=O) groups is 2. The molecule has 0 spiro atoms. The quantitative estimate of drug-likeness (QED) is 0.554. The zero-order valence-corrected chi connectivity index (χ0v) is 17.1. The maximum atomic E-state index is 14.7. The first kappa shape index (κ1) is 21.0. The molecule has 0 radical (unpaired) electrons. The van der Waals surface area contributed by atoms with Gasteiger partial charge < -0.3 is 22.1 Å². The minimum absolute atomic E-state index is 0.0117. The maximum Gasteiger partial charge on any atom is 0.252 e. The average Bonchev–Trinajstić information content (AvgIpc) is 3.18. The summed E-state index contributed by atoms with van der Waals surface area (Å²) in [4.78, 5) is 34.1. The minimum Gasteiger partial charge on any atom is -0.365 e. The standard InChI is InChI=1S/C21H26FN7O2/c22-14-11-13(19(24)31)20(28-21(14)27-16-5-2-1-4-15(16)23)26-12-7-8-25-17(10-12)29-9-3-6-18(29)30/h7-8,10-11,15-16H,1-6,9,23H2,(H2,24,31)(H2,25,26,27,28)/t15-,16+/m0/s1. The van der Waals surface area contributed by atoms with Crippen LogP contribution in [-0.2, 0) is 4.79 Å². The van der Waals surface area contributed by atoms with E-state index < -0.39 is 11.7 Å². The van der Waals surface area contributed by atoms with E-state index in [0.29, 0.717) is 24.5 Å². The highest BCUT2D eigenvalue weighted by atomic mass is 19.1. The molecule has 2 aromatic heterocycles. The summed E-state index contributed by atoms with van der Waals surface area (Å²) in [5.41, 5.74) is 12.1. The van der Waals surface area contributed by atoms with Crippen LogP contribution in [0.5, 0.6) is 0 Å². The van der Waals surface area contributed by atoms with E-state index in [1.807, 2.05) is 0 Å². The number of nitrogens with two attached hydrogens (primary N) is 2. The zero-order valence-electron chi connectivity index (χ0n) is 17.1. The Bertz CT molecular complexity index is 1000. The fourth-order valence-corrected chi connectivity index (χ4v) is 4.06. The van der Waals surface area contributed by atoms with Crippen molar-refractivity contribution < 1.29 is 14.0 Å². The summed E-state index contributed by atoms with van der Waals surface area (Å²) in [5, 5.41) is 6.11. The van der Waals surface area contributed by atoms with Gasteiger partial charge in [0.1, 0.15) is 11.6 Å². The first-order chi connectivity index (χ1) is 14.9. The van der Waals surface area contributed by atoms with Gasteiger partial charge in [0.05, 0.1) is 5.56 Å². The molecule has 31 heavy (non-hydrogen) atoms. The van der Waals surface area contributed by atoms with Crippen molar-refractivity contribution in [3.63, 3.8) is 0 Å². The van der Waals surface area contributed by atoms with Gasteiger partial charge in [-0.1, -0.05) is 12.8 Å². The summed E-state index contributed by atoms with van der Waals surface area (Å²) >= 11 is 0. The molecular weight excluding hydrogens is 401 g/mol. The third-order valence-corrected chi connectivity index (χ3v) is 5.74. The summed E-state index contributed by atoms with van der Waals surface area (Å²) in [6, 6.07) is 4.23. The van der Waals surface area contributed by atoms with Crippen molar-refractivity contribution in [3.8, 4) is 0 Å². The molecule has 1 aliphatic heterocycles. The number of hydrogen-bond acceptors (Lipinski definition) is 7. The topological polar surface area (TPSA) is 139 Å². The van der Waals surface area contributed by atoms with E-state index in [4.69, 9.17) is 11.5 Å². The van der Waals surface area contributed by atoms with Gasteiger partial charge in [0, 0.05) is 43.0 Å². The number of pyridine rings is 2. The zero-order chi connectivity index (χ0) is 22.0. The average molecular weight is 427 g/mol. The molecule has 164 valence electrons. The molecule has 2 aliphatic rings. The van der Waals surface area contributed by atoms with Gasteiger partial charge in [-0.25, -0.2) is 14.4 Å².